The highest BCUT2D eigenvalue weighted by Gasteiger charge is 2.52. The number of halogens is 2. The zero-order chi connectivity index (χ0) is 20.4. The van der Waals surface area contributed by atoms with Crippen molar-refractivity contribution in [2.75, 3.05) is 17.4 Å². The summed E-state index contributed by atoms with van der Waals surface area (Å²) in [5, 5.41) is 5.20. The molecule has 0 bridgehead atoms. The maximum absolute atomic E-state index is 14.0. The quantitative estimate of drug-likeness (QED) is 0.426. The Balaban J connectivity index is 1.81. The molecule has 3 aromatic carbocycles. The number of benzene rings is 3. The molecule has 3 aromatic rings. The Morgan fingerprint density at radius 2 is 1.62 bits per heavy atom. The number of carbonyl (C=O) groups is 1. The van der Waals surface area contributed by atoms with E-state index in [1.54, 1.807) is 0 Å². The fourth-order valence-corrected chi connectivity index (χ4v) is 5.03. The van der Waals surface area contributed by atoms with E-state index in [1.165, 1.54) is 0 Å². The fourth-order valence-electron chi connectivity index (χ4n) is 4.24. The van der Waals surface area contributed by atoms with Gasteiger partial charge >= 0.3 is 0 Å². The minimum absolute atomic E-state index is 0.0684. The van der Waals surface area contributed by atoms with Crippen LogP contribution in [0.15, 0.2) is 78.9 Å². The summed E-state index contributed by atoms with van der Waals surface area (Å²) in [6, 6.07) is 25.9. The Bertz CT molecular complexity index is 1030. The molecule has 1 aliphatic heterocycles. The molecular weight excluding hydrogens is 448 g/mol. The van der Waals surface area contributed by atoms with Gasteiger partial charge in [-0.3, -0.25) is 4.79 Å². The summed E-state index contributed by atoms with van der Waals surface area (Å²) < 4.78 is 0. The Morgan fingerprint density at radius 3 is 2.34 bits per heavy atom. The third kappa shape index (κ3) is 3.39. The first-order valence-electron chi connectivity index (χ1n) is 9.59. The molecule has 0 aromatic heterocycles. The molecule has 0 aliphatic carbocycles. The molecule has 1 aliphatic rings. The Hall–Kier alpha value is -2.14. The molecule has 3 nitrogen and oxygen atoms in total. The average molecular weight is 470 g/mol. The van der Waals surface area contributed by atoms with Gasteiger partial charge in [0.2, 0.25) is 0 Å². The van der Waals surface area contributed by atoms with E-state index < -0.39 is 5.41 Å². The number of amides is 1. The summed E-state index contributed by atoms with van der Waals surface area (Å²) in [7, 11) is 1.94. The van der Waals surface area contributed by atoms with E-state index in [-0.39, 0.29) is 5.91 Å². The summed E-state index contributed by atoms with van der Waals surface area (Å²) in [6.07, 6.45) is 0.684. The van der Waals surface area contributed by atoms with Crippen LogP contribution in [0, 0.1) is 0 Å². The summed E-state index contributed by atoms with van der Waals surface area (Å²) >= 11 is 9.97. The van der Waals surface area contributed by atoms with Gasteiger partial charge in [-0.2, -0.15) is 0 Å². The standard InChI is InChI=1S/C24H22BrClN2O/c1-27(17-18-9-5-7-13-21(18)26)28-22-14-8-6-12-20(22)24(15-16-25,23(28)29)19-10-3-2-4-11-19/h2-14H,15-17H2,1H3/t24-/m1/s1. The van der Waals surface area contributed by atoms with Crippen molar-refractivity contribution >= 4 is 39.1 Å². The largest absolute Gasteiger partial charge is 0.272 e. The van der Waals surface area contributed by atoms with Crippen LogP contribution in [0.1, 0.15) is 23.1 Å². The van der Waals surface area contributed by atoms with Gasteiger partial charge in [-0.15, -0.1) is 0 Å². The number of hydrogen-bond donors (Lipinski definition) is 0. The lowest BCUT2D eigenvalue weighted by Gasteiger charge is -2.32. The number of nitrogens with zero attached hydrogens (tertiary/aromatic N) is 2. The van der Waals surface area contributed by atoms with E-state index >= 15 is 0 Å². The summed E-state index contributed by atoms with van der Waals surface area (Å²) in [6.45, 7) is 0.541. The van der Waals surface area contributed by atoms with Gasteiger partial charge in [0.15, 0.2) is 0 Å². The van der Waals surface area contributed by atoms with Crippen molar-refractivity contribution in [2.24, 2.45) is 0 Å². The smallest absolute Gasteiger partial charge is 0.256 e. The fraction of sp³-hybridized carbons (Fsp3) is 0.208. The van der Waals surface area contributed by atoms with Crippen molar-refractivity contribution in [3.8, 4) is 0 Å². The summed E-state index contributed by atoms with van der Waals surface area (Å²) in [5.74, 6) is 0.0684. The number of alkyl halides is 1. The van der Waals surface area contributed by atoms with Gasteiger partial charge in [0.25, 0.3) is 5.91 Å². The Kier molecular flexibility index (Phi) is 5.77. The lowest BCUT2D eigenvalue weighted by Crippen LogP contribution is -2.48. The first-order valence-corrected chi connectivity index (χ1v) is 11.1. The highest BCUT2D eigenvalue weighted by molar-refractivity contribution is 9.09. The van der Waals surface area contributed by atoms with Gasteiger partial charge in [0.05, 0.1) is 5.69 Å². The van der Waals surface area contributed by atoms with Gasteiger partial charge in [0, 0.05) is 23.9 Å². The van der Waals surface area contributed by atoms with Crippen LogP contribution in [-0.4, -0.2) is 23.3 Å². The van der Waals surface area contributed by atoms with E-state index in [4.69, 9.17) is 11.6 Å². The minimum atomic E-state index is -0.712. The molecular formula is C24H22BrClN2O. The number of anilines is 1. The van der Waals surface area contributed by atoms with Gasteiger partial charge < -0.3 is 0 Å². The number of rotatable bonds is 6. The molecule has 0 saturated heterocycles. The minimum Gasteiger partial charge on any atom is -0.272 e. The second-order valence-corrected chi connectivity index (χ2v) is 8.45. The predicted octanol–water partition coefficient (Wildman–Crippen LogP) is 5.80. The first kappa shape index (κ1) is 20.1. The van der Waals surface area contributed by atoms with Gasteiger partial charge in [0.1, 0.15) is 5.41 Å². The van der Waals surface area contributed by atoms with Crippen molar-refractivity contribution in [1.29, 1.82) is 0 Å². The van der Waals surface area contributed by atoms with Crippen molar-refractivity contribution in [2.45, 2.75) is 18.4 Å². The monoisotopic (exact) mass is 468 g/mol. The third-order valence-corrected chi connectivity index (χ3v) is 6.35. The molecule has 0 spiro atoms. The topological polar surface area (TPSA) is 23.6 Å². The van der Waals surface area contributed by atoms with Crippen LogP contribution in [0.4, 0.5) is 5.69 Å². The summed E-state index contributed by atoms with van der Waals surface area (Å²) in [5.41, 5.74) is 3.26. The van der Waals surface area contributed by atoms with Crippen molar-refractivity contribution < 1.29 is 4.79 Å². The van der Waals surface area contributed by atoms with E-state index in [2.05, 4.69) is 34.1 Å². The van der Waals surface area contributed by atoms with Gasteiger partial charge in [-0.1, -0.05) is 94.3 Å². The second-order valence-electron chi connectivity index (χ2n) is 7.25. The number of fused-ring (bicyclic) bond motifs is 1. The SMILES string of the molecule is CN(Cc1ccccc1Cl)N1C(=O)[C@](CCBr)(c2ccccc2)c2ccccc21. The van der Waals surface area contributed by atoms with Crippen LogP contribution in [0.25, 0.3) is 0 Å². The highest BCUT2D eigenvalue weighted by Crippen LogP contribution is 2.49. The van der Waals surface area contributed by atoms with Gasteiger partial charge in [-0.05, 0) is 35.2 Å². The van der Waals surface area contributed by atoms with Crippen molar-refractivity contribution in [3.63, 3.8) is 0 Å². The molecule has 0 fully saturated rings. The average Bonchev–Trinajstić information content (AvgIpc) is 3.00. The van der Waals surface area contributed by atoms with E-state index in [0.29, 0.717) is 18.0 Å². The molecule has 4 rings (SSSR count). The number of carbonyl (C=O) groups excluding carboxylic acids is 1. The van der Waals surface area contributed by atoms with Crippen LogP contribution in [0.5, 0.6) is 0 Å². The van der Waals surface area contributed by atoms with E-state index in [0.717, 1.165) is 27.7 Å². The zero-order valence-electron chi connectivity index (χ0n) is 16.2. The van der Waals surface area contributed by atoms with E-state index in [1.807, 2.05) is 77.7 Å². The molecule has 0 unspecified atom stereocenters. The van der Waals surface area contributed by atoms with Crippen LogP contribution >= 0.6 is 27.5 Å². The summed E-state index contributed by atoms with van der Waals surface area (Å²) in [4.78, 5) is 14.0. The van der Waals surface area contributed by atoms with Crippen LogP contribution in [-0.2, 0) is 16.8 Å². The molecule has 148 valence electrons. The number of para-hydroxylation sites is 1. The van der Waals surface area contributed by atoms with Crippen LogP contribution in [0.2, 0.25) is 5.02 Å². The molecule has 0 saturated carbocycles. The lowest BCUT2D eigenvalue weighted by molar-refractivity contribution is -0.124. The normalized spacial score (nSPS) is 18.3. The number of hydrazine groups is 1. The molecule has 1 heterocycles. The molecule has 29 heavy (non-hydrogen) atoms. The van der Waals surface area contributed by atoms with Gasteiger partial charge in [-0.25, -0.2) is 10.0 Å². The maximum Gasteiger partial charge on any atom is 0.256 e. The molecule has 1 atom stereocenters. The van der Waals surface area contributed by atoms with E-state index in [9.17, 15) is 4.79 Å². The van der Waals surface area contributed by atoms with Crippen LogP contribution in [0.3, 0.4) is 0 Å². The maximum atomic E-state index is 14.0. The lowest BCUT2D eigenvalue weighted by atomic mass is 9.73. The Labute approximate surface area is 185 Å². The second kappa shape index (κ2) is 8.31. The van der Waals surface area contributed by atoms with Crippen molar-refractivity contribution in [1.82, 2.24) is 5.01 Å². The highest BCUT2D eigenvalue weighted by atomic mass is 79.9. The zero-order valence-corrected chi connectivity index (χ0v) is 18.5. The van der Waals surface area contributed by atoms with Crippen molar-refractivity contribution in [3.05, 3.63) is 101 Å². The van der Waals surface area contributed by atoms with Crippen LogP contribution < -0.4 is 5.01 Å². The molecule has 1 amide bonds. The third-order valence-electron chi connectivity index (χ3n) is 5.58. The first-order chi connectivity index (χ1) is 14.1. The molecule has 5 heteroatoms. The number of hydrogen-bond acceptors (Lipinski definition) is 2. The Morgan fingerprint density at radius 1 is 0.966 bits per heavy atom. The molecule has 0 N–H and O–H groups in total. The molecule has 0 radical (unpaired) electrons. The predicted molar refractivity (Wildman–Crippen MR) is 122 cm³/mol.